The molecule has 10 unspecified atom stereocenters. The van der Waals surface area contributed by atoms with Gasteiger partial charge in [0.2, 0.25) is 0 Å². The molecule has 348 valence electrons. The molecule has 2 bridgehead atoms. The van der Waals surface area contributed by atoms with Crippen molar-refractivity contribution >= 4 is 5.97 Å². The monoisotopic (exact) mass is 872 g/mol. The summed E-state index contributed by atoms with van der Waals surface area (Å²) in [5.74, 6) is -2.56. The summed E-state index contributed by atoms with van der Waals surface area (Å²) in [5, 5.41) is 34.2. The highest BCUT2D eigenvalue weighted by Gasteiger charge is 2.60. The summed E-state index contributed by atoms with van der Waals surface area (Å²) >= 11 is 0. The number of carbonyl (C=O) groups is 1. The molecule has 14 heteroatoms. The molecule has 4 saturated heterocycles. The fourth-order valence-electron chi connectivity index (χ4n) is 10.6. The Morgan fingerprint density at radius 1 is 0.887 bits per heavy atom. The van der Waals surface area contributed by atoms with Gasteiger partial charge in [-0.15, -0.1) is 0 Å². The second-order valence-electron chi connectivity index (χ2n) is 19.0. The van der Waals surface area contributed by atoms with E-state index < -0.39 is 90.8 Å². The van der Waals surface area contributed by atoms with Crippen molar-refractivity contribution in [2.24, 2.45) is 23.7 Å². The van der Waals surface area contributed by atoms with Crippen molar-refractivity contribution in [1.29, 1.82) is 0 Å². The van der Waals surface area contributed by atoms with Crippen LogP contribution in [0.15, 0.2) is 59.3 Å². The Morgan fingerprint density at radius 3 is 2.32 bits per heavy atom. The van der Waals surface area contributed by atoms with Crippen LogP contribution in [0, 0.1) is 23.7 Å². The Bertz CT molecular complexity index is 1730. The van der Waals surface area contributed by atoms with E-state index in [9.17, 15) is 20.1 Å². The van der Waals surface area contributed by atoms with Gasteiger partial charge in [-0.05, 0) is 62.8 Å². The second-order valence-corrected chi connectivity index (χ2v) is 19.0. The first-order valence-electron chi connectivity index (χ1n) is 22.9. The van der Waals surface area contributed by atoms with Gasteiger partial charge >= 0.3 is 5.97 Å². The Kier molecular flexibility index (Phi) is 15.1. The Morgan fingerprint density at radius 2 is 1.60 bits per heavy atom. The van der Waals surface area contributed by atoms with Crippen LogP contribution >= 0.6 is 0 Å². The topological polar surface area (TPSA) is 170 Å². The first-order valence-corrected chi connectivity index (χ1v) is 22.9. The van der Waals surface area contributed by atoms with E-state index >= 15 is 0 Å². The molecule has 1 spiro atoms. The number of aliphatic hydroxyl groups is 3. The number of hydrogen-bond acceptors (Lipinski definition) is 14. The maximum absolute atomic E-state index is 14.3. The minimum Gasteiger partial charge on any atom is -0.462 e. The summed E-state index contributed by atoms with van der Waals surface area (Å²) in [6.07, 6.45) is 8.55. The van der Waals surface area contributed by atoms with Crippen LogP contribution in [-0.2, 0) is 52.2 Å². The van der Waals surface area contributed by atoms with Gasteiger partial charge in [0.1, 0.15) is 42.0 Å². The summed E-state index contributed by atoms with van der Waals surface area (Å²) in [6.45, 7) is 16.1. The number of hydrogen-bond donors (Lipinski definition) is 3. The number of allylic oxidation sites excluding steroid dienone is 2. The zero-order valence-electron chi connectivity index (χ0n) is 38.2. The predicted molar refractivity (Wildman–Crippen MR) is 227 cm³/mol. The molecule has 0 radical (unpaired) electrons. The van der Waals surface area contributed by atoms with Gasteiger partial charge in [0.15, 0.2) is 18.4 Å². The van der Waals surface area contributed by atoms with Crippen molar-refractivity contribution in [3.63, 3.8) is 0 Å². The van der Waals surface area contributed by atoms with Crippen molar-refractivity contribution in [1.82, 2.24) is 0 Å². The lowest BCUT2D eigenvalue weighted by Gasteiger charge is -2.48. The summed E-state index contributed by atoms with van der Waals surface area (Å²) in [7, 11) is 3.22. The SMILES string of the molecule is CC[C@H](C)[C@H]1OC2(C=C[C@@H]1C)C[C@@H]1C[C@@H](C/C=C(\C)[C@@H](OC3CC(OC)C(OC4CC(OC)C(O)C(C)O4)C(C)O3)[C@@H](C)/C=C/C=C3\CO[C@@H]4[C@H](O)C(C)=CC(C(=O)O1)[C@]34O)O2. The fraction of sp³-hybridized carbons (Fsp3) is 0.771. The van der Waals surface area contributed by atoms with Gasteiger partial charge in [-0.25, -0.2) is 0 Å². The zero-order chi connectivity index (χ0) is 44.7. The van der Waals surface area contributed by atoms with Crippen LogP contribution in [0.1, 0.15) is 93.9 Å². The second kappa shape index (κ2) is 19.7. The number of carbonyl (C=O) groups excluding carboxylic acids is 1. The minimum absolute atomic E-state index is 0.0317. The first-order chi connectivity index (χ1) is 29.5. The van der Waals surface area contributed by atoms with Gasteiger partial charge in [0, 0.05) is 51.7 Å². The van der Waals surface area contributed by atoms with E-state index in [0.717, 1.165) is 12.0 Å². The maximum atomic E-state index is 14.3. The van der Waals surface area contributed by atoms with Crippen molar-refractivity contribution < 1.29 is 67.5 Å². The van der Waals surface area contributed by atoms with Crippen LogP contribution < -0.4 is 0 Å². The largest absolute Gasteiger partial charge is 0.462 e. The third-order valence-corrected chi connectivity index (χ3v) is 14.5. The maximum Gasteiger partial charge on any atom is 0.316 e. The summed E-state index contributed by atoms with van der Waals surface area (Å²) in [4.78, 5) is 14.3. The molecule has 7 rings (SSSR count). The molecule has 0 aromatic carbocycles. The molecular weight excluding hydrogens is 801 g/mol. The standard InChI is InChI=1S/C48H72O14/c1-11-25(2)43-28(5)17-18-47(62-43)23-34-20-33(61-47)16-15-27(4)42(26(3)13-12-14-32-24-55-45-40(49)29(6)19-35(46(51)58-34)48(32,45)52)59-39-22-37(54-10)44(31(8)57-39)60-38-21-36(53-9)41(50)30(7)56-38/h12-15,17-19,25-26,28,30-31,33-45,49-50,52H,11,16,20-24H2,1-10H3/b13-12+,27-15+,32-14+/t25-,26-,28-,30?,31?,33+,34-,35?,36?,37?,38?,39?,40+,41?,42-,43+,44?,45+,47?,48+/m0/s1. The van der Waals surface area contributed by atoms with Gasteiger partial charge in [-0.2, -0.15) is 0 Å². The van der Waals surface area contributed by atoms with Crippen LogP contribution in [0.4, 0.5) is 0 Å². The van der Waals surface area contributed by atoms with Crippen molar-refractivity contribution in [3.05, 3.63) is 59.3 Å². The quantitative estimate of drug-likeness (QED) is 0.210. The summed E-state index contributed by atoms with van der Waals surface area (Å²) in [5.41, 5.74) is 0.134. The van der Waals surface area contributed by atoms with E-state index in [-0.39, 0.29) is 42.7 Å². The number of ether oxygens (including phenoxy) is 10. The smallest absolute Gasteiger partial charge is 0.316 e. The molecule has 62 heavy (non-hydrogen) atoms. The molecule has 6 heterocycles. The highest BCUT2D eigenvalue weighted by atomic mass is 16.7. The Hall–Kier alpha value is -2.31. The third-order valence-electron chi connectivity index (χ3n) is 14.5. The van der Waals surface area contributed by atoms with Crippen molar-refractivity contribution in [2.75, 3.05) is 20.8 Å². The third kappa shape index (κ3) is 9.64. The Balaban J connectivity index is 1.18. The average Bonchev–Trinajstić information content (AvgIpc) is 3.58. The molecular formula is C48H72O14. The van der Waals surface area contributed by atoms with Crippen LogP contribution in [0.2, 0.25) is 0 Å². The molecule has 6 aliphatic heterocycles. The fourth-order valence-corrected chi connectivity index (χ4v) is 10.6. The molecule has 0 amide bonds. The zero-order valence-corrected chi connectivity index (χ0v) is 38.2. The molecule has 0 saturated carbocycles. The lowest BCUT2D eigenvalue weighted by molar-refractivity contribution is -0.318. The lowest BCUT2D eigenvalue weighted by atomic mass is 9.71. The normalized spacial score (nSPS) is 49.1. The molecule has 4 fully saturated rings. The predicted octanol–water partition coefficient (Wildman–Crippen LogP) is 5.38. The summed E-state index contributed by atoms with van der Waals surface area (Å²) in [6, 6.07) is 0. The molecule has 0 aromatic rings. The minimum atomic E-state index is -1.84. The van der Waals surface area contributed by atoms with Crippen molar-refractivity contribution in [3.8, 4) is 0 Å². The van der Waals surface area contributed by atoms with Crippen LogP contribution in [0.5, 0.6) is 0 Å². The average molecular weight is 873 g/mol. The van der Waals surface area contributed by atoms with Crippen molar-refractivity contribution in [2.45, 2.75) is 191 Å². The highest BCUT2D eigenvalue weighted by molar-refractivity contribution is 5.78. The van der Waals surface area contributed by atoms with Crippen LogP contribution in [0.3, 0.4) is 0 Å². The van der Waals surface area contributed by atoms with E-state index in [1.54, 1.807) is 40.2 Å². The number of fused-ring (bicyclic) bond motifs is 2. The molecule has 20 atom stereocenters. The molecule has 0 aromatic heterocycles. The number of aliphatic hydroxyl groups excluding tert-OH is 2. The van der Waals surface area contributed by atoms with E-state index in [2.05, 4.69) is 39.8 Å². The number of rotatable bonds is 8. The van der Waals surface area contributed by atoms with E-state index in [4.69, 9.17) is 47.4 Å². The molecule has 14 nitrogen and oxygen atoms in total. The highest BCUT2D eigenvalue weighted by Crippen LogP contribution is 2.47. The number of esters is 1. The van der Waals surface area contributed by atoms with Crippen LogP contribution in [0.25, 0.3) is 0 Å². The van der Waals surface area contributed by atoms with Gasteiger partial charge in [-0.1, -0.05) is 70.6 Å². The van der Waals surface area contributed by atoms with Crippen LogP contribution in [-0.4, -0.2) is 139 Å². The summed E-state index contributed by atoms with van der Waals surface area (Å²) < 4.78 is 63.7. The Labute approximate surface area is 367 Å². The lowest BCUT2D eigenvalue weighted by Crippen LogP contribution is -2.58. The van der Waals surface area contributed by atoms with Gasteiger partial charge in [0.25, 0.3) is 0 Å². The molecule has 3 N–H and O–H groups in total. The molecule has 1 aliphatic carbocycles. The van der Waals surface area contributed by atoms with E-state index in [1.807, 2.05) is 32.1 Å². The first kappa shape index (κ1) is 47.6. The van der Waals surface area contributed by atoms with Gasteiger partial charge < -0.3 is 62.7 Å². The van der Waals surface area contributed by atoms with Gasteiger partial charge in [0.05, 0.1) is 49.3 Å². The molecule has 7 aliphatic rings. The number of methoxy groups -OCH3 is 2. The van der Waals surface area contributed by atoms with E-state index in [1.165, 1.54) is 0 Å². The van der Waals surface area contributed by atoms with E-state index in [0.29, 0.717) is 43.3 Å². The van der Waals surface area contributed by atoms with Gasteiger partial charge in [-0.3, -0.25) is 4.79 Å².